The molecule has 6 nitrogen and oxygen atoms in total. The molecule has 1 saturated carbocycles. The Kier molecular flexibility index (Phi) is 3.96. The first-order valence-electron chi connectivity index (χ1n) is 6.24. The van der Waals surface area contributed by atoms with Crippen LogP contribution in [-0.4, -0.2) is 28.1 Å². The summed E-state index contributed by atoms with van der Waals surface area (Å²) in [6.07, 6.45) is 1.44. The highest BCUT2D eigenvalue weighted by Gasteiger charge is 2.42. The molecule has 0 aliphatic heterocycles. The number of benzene rings is 1. The Hall–Kier alpha value is -1.66. The lowest BCUT2D eigenvalue weighted by molar-refractivity contribution is -0.384. The van der Waals surface area contributed by atoms with Crippen molar-refractivity contribution in [2.24, 2.45) is 5.92 Å². The highest BCUT2D eigenvalue weighted by atomic mass is 35.5. The molecule has 0 radical (unpaired) electrons. The molecule has 2 rings (SSSR count). The van der Waals surface area contributed by atoms with E-state index >= 15 is 0 Å². The molecule has 1 aliphatic rings. The molecule has 1 aliphatic carbocycles. The van der Waals surface area contributed by atoms with Crippen LogP contribution in [-0.2, 0) is 0 Å². The molecule has 0 atom stereocenters. The summed E-state index contributed by atoms with van der Waals surface area (Å²) in [6.45, 7) is 1.92. The Morgan fingerprint density at radius 3 is 2.70 bits per heavy atom. The van der Waals surface area contributed by atoms with Gasteiger partial charge in [0.1, 0.15) is 5.02 Å². The van der Waals surface area contributed by atoms with Gasteiger partial charge in [-0.1, -0.05) is 18.5 Å². The van der Waals surface area contributed by atoms with Crippen LogP contribution < -0.4 is 5.32 Å². The lowest BCUT2D eigenvalue weighted by Crippen LogP contribution is -2.59. The predicted octanol–water partition coefficient (Wildman–Crippen LogP) is 2.14. The van der Waals surface area contributed by atoms with Crippen LogP contribution in [0.15, 0.2) is 18.2 Å². The second-order valence-corrected chi connectivity index (χ2v) is 5.74. The number of aliphatic hydroxyl groups excluding tert-OH is 1. The van der Waals surface area contributed by atoms with E-state index in [4.69, 9.17) is 11.6 Å². The van der Waals surface area contributed by atoms with E-state index in [1.54, 1.807) is 0 Å². The Morgan fingerprint density at radius 1 is 1.60 bits per heavy atom. The fraction of sp³-hybridized carbons (Fsp3) is 0.462. The van der Waals surface area contributed by atoms with E-state index in [9.17, 15) is 20.0 Å². The fourth-order valence-electron chi connectivity index (χ4n) is 2.65. The molecule has 108 valence electrons. The van der Waals surface area contributed by atoms with E-state index in [1.807, 2.05) is 6.92 Å². The molecule has 0 aromatic heterocycles. The normalized spacial score (nSPS) is 24.9. The Morgan fingerprint density at radius 2 is 2.25 bits per heavy atom. The minimum atomic E-state index is -0.604. The number of amides is 1. The molecule has 20 heavy (non-hydrogen) atoms. The number of nitro groups is 1. The zero-order valence-electron chi connectivity index (χ0n) is 10.9. The number of nitro benzene ring substituents is 1. The molecule has 1 fully saturated rings. The summed E-state index contributed by atoms with van der Waals surface area (Å²) >= 11 is 5.77. The first-order chi connectivity index (χ1) is 9.37. The van der Waals surface area contributed by atoms with E-state index in [1.165, 1.54) is 18.2 Å². The molecule has 7 heteroatoms. The van der Waals surface area contributed by atoms with Crippen LogP contribution in [0.1, 0.15) is 30.1 Å². The van der Waals surface area contributed by atoms with Gasteiger partial charge in [-0.05, 0) is 30.9 Å². The van der Waals surface area contributed by atoms with Crippen LogP contribution in [0.3, 0.4) is 0 Å². The van der Waals surface area contributed by atoms with Gasteiger partial charge in [-0.3, -0.25) is 14.9 Å². The summed E-state index contributed by atoms with van der Waals surface area (Å²) in [5.74, 6) is 0.0747. The molecule has 2 N–H and O–H groups in total. The smallest absolute Gasteiger partial charge is 0.287 e. The molecular formula is C13H15ClN2O4. The highest BCUT2D eigenvalue weighted by molar-refractivity contribution is 6.33. The summed E-state index contributed by atoms with van der Waals surface area (Å²) in [6, 6.07) is 3.82. The number of halogens is 1. The third-order valence-electron chi connectivity index (χ3n) is 3.57. The van der Waals surface area contributed by atoms with Crippen LogP contribution in [0, 0.1) is 16.0 Å². The zero-order chi connectivity index (χ0) is 14.9. The third-order valence-corrected chi connectivity index (χ3v) is 3.87. The maximum absolute atomic E-state index is 12.1. The number of nitrogens with zero attached hydrogens (tertiary/aromatic N) is 1. The number of aliphatic hydroxyl groups is 1. The molecule has 0 unspecified atom stereocenters. The van der Waals surface area contributed by atoms with Gasteiger partial charge in [-0.15, -0.1) is 0 Å². The number of rotatable bonds is 4. The molecule has 0 bridgehead atoms. The third kappa shape index (κ3) is 2.76. The summed E-state index contributed by atoms with van der Waals surface area (Å²) in [7, 11) is 0. The van der Waals surface area contributed by atoms with Crippen molar-refractivity contribution in [2.45, 2.75) is 25.3 Å². The molecule has 1 aromatic carbocycles. The second-order valence-electron chi connectivity index (χ2n) is 5.33. The van der Waals surface area contributed by atoms with Gasteiger partial charge in [-0.2, -0.15) is 0 Å². The van der Waals surface area contributed by atoms with Gasteiger partial charge in [0.2, 0.25) is 0 Å². The molecule has 0 saturated heterocycles. The predicted molar refractivity (Wildman–Crippen MR) is 73.8 cm³/mol. The quantitative estimate of drug-likeness (QED) is 0.658. The summed E-state index contributed by atoms with van der Waals surface area (Å²) in [5.41, 5.74) is -0.574. The van der Waals surface area contributed by atoms with Crippen molar-refractivity contribution >= 4 is 23.2 Å². The fourth-order valence-corrected chi connectivity index (χ4v) is 2.90. The van der Waals surface area contributed by atoms with Gasteiger partial charge >= 0.3 is 0 Å². The Labute approximate surface area is 120 Å². The maximum Gasteiger partial charge on any atom is 0.287 e. The van der Waals surface area contributed by atoms with Crippen molar-refractivity contribution in [1.82, 2.24) is 5.32 Å². The van der Waals surface area contributed by atoms with Gasteiger partial charge in [-0.25, -0.2) is 0 Å². The van der Waals surface area contributed by atoms with E-state index < -0.39 is 10.5 Å². The topological polar surface area (TPSA) is 92.5 Å². The van der Waals surface area contributed by atoms with Crippen LogP contribution in [0.25, 0.3) is 0 Å². The van der Waals surface area contributed by atoms with Crippen molar-refractivity contribution < 1.29 is 14.8 Å². The highest BCUT2D eigenvalue weighted by Crippen LogP contribution is 2.37. The second kappa shape index (κ2) is 5.38. The number of nitrogens with one attached hydrogen (secondary N) is 1. The molecule has 0 heterocycles. The molecule has 0 spiro atoms. The van der Waals surface area contributed by atoms with Gasteiger partial charge in [0.15, 0.2) is 0 Å². The van der Waals surface area contributed by atoms with Crippen LogP contribution in [0.5, 0.6) is 0 Å². The Bertz CT molecular complexity index is 555. The number of hydrogen-bond donors (Lipinski definition) is 2. The molecular weight excluding hydrogens is 284 g/mol. The summed E-state index contributed by atoms with van der Waals surface area (Å²) in [4.78, 5) is 22.2. The minimum Gasteiger partial charge on any atom is -0.394 e. The van der Waals surface area contributed by atoms with Gasteiger partial charge in [0, 0.05) is 11.6 Å². The first-order valence-corrected chi connectivity index (χ1v) is 6.62. The van der Waals surface area contributed by atoms with Crippen LogP contribution in [0.4, 0.5) is 5.69 Å². The van der Waals surface area contributed by atoms with Crippen LogP contribution in [0.2, 0.25) is 5.02 Å². The molecule has 1 amide bonds. The largest absolute Gasteiger partial charge is 0.394 e. The van der Waals surface area contributed by atoms with E-state index in [-0.39, 0.29) is 28.8 Å². The van der Waals surface area contributed by atoms with Gasteiger partial charge in [0.25, 0.3) is 11.6 Å². The van der Waals surface area contributed by atoms with Crippen molar-refractivity contribution in [1.29, 1.82) is 0 Å². The standard InChI is InChI=1S/C13H15ClN2O4/c1-8-5-13(6-8,7-17)15-12(18)9-2-3-11(16(19)20)10(14)4-9/h2-4,8,17H,5-7H2,1H3,(H,15,18). The average molecular weight is 299 g/mol. The Balaban J connectivity index is 2.14. The van der Waals surface area contributed by atoms with Crippen molar-refractivity contribution in [3.63, 3.8) is 0 Å². The van der Waals surface area contributed by atoms with E-state index in [0.29, 0.717) is 5.92 Å². The molecule has 1 aromatic rings. The number of carbonyl (C=O) groups is 1. The maximum atomic E-state index is 12.1. The number of hydrogen-bond acceptors (Lipinski definition) is 4. The summed E-state index contributed by atoms with van der Waals surface area (Å²) in [5, 5.41) is 22.8. The lowest BCUT2D eigenvalue weighted by atomic mass is 9.69. The van der Waals surface area contributed by atoms with E-state index in [0.717, 1.165) is 12.8 Å². The van der Waals surface area contributed by atoms with Crippen molar-refractivity contribution in [3.05, 3.63) is 38.9 Å². The summed E-state index contributed by atoms with van der Waals surface area (Å²) < 4.78 is 0. The lowest BCUT2D eigenvalue weighted by Gasteiger charge is -2.45. The first kappa shape index (κ1) is 14.7. The average Bonchev–Trinajstić information content (AvgIpc) is 2.35. The minimum absolute atomic E-state index is 0.0809. The monoisotopic (exact) mass is 298 g/mol. The van der Waals surface area contributed by atoms with Gasteiger partial charge < -0.3 is 10.4 Å². The van der Waals surface area contributed by atoms with Crippen molar-refractivity contribution in [2.75, 3.05) is 6.61 Å². The SMILES string of the molecule is CC1CC(CO)(NC(=O)c2ccc([N+](=O)[O-])c(Cl)c2)C1. The zero-order valence-corrected chi connectivity index (χ0v) is 11.7. The van der Waals surface area contributed by atoms with Crippen molar-refractivity contribution in [3.8, 4) is 0 Å². The van der Waals surface area contributed by atoms with Gasteiger partial charge in [0.05, 0.1) is 17.1 Å². The van der Waals surface area contributed by atoms with E-state index in [2.05, 4.69) is 5.32 Å². The van der Waals surface area contributed by atoms with Crippen LogP contribution >= 0.6 is 11.6 Å². The number of carbonyl (C=O) groups excluding carboxylic acids is 1.